The molecule has 0 aromatic carbocycles. The molecule has 0 amide bonds. The Morgan fingerprint density at radius 1 is 1.16 bits per heavy atom. The highest BCUT2D eigenvalue weighted by atomic mass is 16.5. The first-order chi connectivity index (χ1) is 12.3. The molecule has 146 valence electrons. The SMILES string of the molecule is CN=C(NCCOC1CCCCCC1)NCC(C)CN1CCOCC1. The maximum Gasteiger partial charge on any atom is 0.191 e. The molecule has 2 fully saturated rings. The summed E-state index contributed by atoms with van der Waals surface area (Å²) in [5.74, 6) is 1.46. The topological polar surface area (TPSA) is 58.1 Å². The molecule has 0 bridgehead atoms. The summed E-state index contributed by atoms with van der Waals surface area (Å²) >= 11 is 0. The first-order valence-electron chi connectivity index (χ1n) is 10.1. The number of rotatable bonds is 8. The predicted molar refractivity (Wildman–Crippen MR) is 103 cm³/mol. The lowest BCUT2D eigenvalue weighted by Gasteiger charge is -2.29. The maximum absolute atomic E-state index is 6.02. The molecule has 1 unspecified atom stereocenters. The molecule has 25 heavy (non-hydrogen) atoms. The van der Waals surface area contributed by atoms with Crippen LogP contribution in [0, 0.1) is 5.92 Å². The van der Waals surface area contributed by atoms with E-state index < -0.39 is 0 Å². The number of nitrogens with zero attached hydrogens (tertiary/aromatic N) is 2. The summed E-state index contributed by atoms with van der Waals surface area (Å²) in [7, 11) is 1.83. The van der Waals surface area contributed by atoms with E-state index in [1.165, 1.54) is 38.5 Å². The Hall–Kier alpha value is -0.850. The Balaban J connectivity index is 1.53. The average Bonchev–Trinajstić information content (AvgIpc) is 2.91. The van der Waals surface area contributed by atoms with E-state index in [0.717, 1.165) is 58.5 Å². The molecule has 1 heterocycles. The van der Waals surface area contributed by atoms with Crippen LogP contribution in [0.4, 0.5) is 0 Å². The lowest BCUT2D eigenvalue weighted by molar-refractivity contribution is 0.0320. The fraction of sp³-hybridized carbons (Fsp3) is 0.947. The number of morpholine rings is 1. The third-order valence-corrected chi connectivity index (χ3v) is 5.07. The molecular formula is C19H38N4O2. The van der Waals surface area contributed by atoms with Gasteiger partial charge in [0.15, 0.2) is 5.96 Å². The summed E-state index contributed by atoms with van der Waals surface area (Å²) in [4.78, 5) is 6.79. The predicted octanol–water partition coefficient (Wildman–Crippen LogP) is 1.86. The summed E-state index contributed by atoms with van der Waals surface area (Å²) < 4.78 is 11.4. The zero-order valence-electron chi connectivity index (χ0n) is 16.3. The summed E-state index contributed by atoms with van der Waals surface area (Å²) in [5.41, 5.74) is 0. The number of ether oxygens (including phenoxy) is 2. The number of aliphatic imine (C=N–C) groups is 1. The smallest absolute Gasteiger partial charge is 0.191 e. The highest BCUT2D eigenvalue weighted by Gasteiger charge is 2.14. The fourth-order valence-electron chi connectivity index (χ4n) is 3.58. The molecule has 0 spiro atoms. The molecule has 1 aliphatic heterocycles. The van der Waals surface area contributed by atoms with E-state index in [1.54, 1.807) is 0 Å². The monoisotopic (exact) mass is 354 g/mol. The number of hydrogen-bond acceptors (Lipinski definition) is 4. The fourth-order valence-corrected chi connectivity index (χ4v) is 3.58. The van der Waals surface area contributed by atoms with Crippen LogP contribution >= 0.6 is 0 Å². The summed E-state index contributed by atoms with van der Waals surface area (Å²) in [5, 5.41) is 6.80. The van der Waals surface area contributed by atoms with Gasteiger partial charge in [-0.15, -0.1) is 0 Å². The van der Waals surface area contributed by atoms with Crippen molar-refractivity contribution in [2.45, 2.75) is 51.6 Å². The van der Waals surface area contributed by atoms with Gasteiger partial charge in [-0.25, -0.2) is 0 Å². The molecule has 0 radical (unpaired) electrons. The third-order valence-electron chi connectivity index (χ3n) is 5.07. The van der Waals surface area contributed by atoms with E-state index in [2.05, 4.69) is 27.4 Å². The molecule has 2 aliphatic rings. The molecule has 6 nitrogen and oxygen atoms in total. The van der Waals surface area contributed by atoms with E-state index >= 15 is 0 Å². The highest BCUT2D eigenvalue weighted by Crippen LogP contribution is 2.19. The Labute approximate surface area is 153 Å². The van der Waals surface area contributed by atoms with Crippen molar-refractivity contribution in [3.8, 4) is 0 Å². The molecule has 2 rings (SSSR count). The molecule has 0 aromatic heterocycles. The van der Waals surface area contributed by atoms with Crippen molar-refractivity contribution in [2.75, 3.05) is 59.6 Å². The molecule has 1 aliphatic carbocycles. The van der Waals surface area contributed by atoms with Crippen LogP contribution in [0.5, 0.6) is 0 Å². The number of nitrogens with one attached hydrogen (secondary N) is 2. The van der Waals surface area contributed by atoms with E-state index in [-0.39, 0.29) is 0 Å². The molecule has 0 aromatic rings. The highest BCUT2D eigenvalue weighted by molar-refractivity contribution is 5.79. The van der Waals surface area contributed by atoms with E-state index in [1.807, 2.05) is 7.05 Å². The van der Waals surface area contributed by atoms with Gasteiger partial charge in [-0.1, -0.05) is 32.6 Å². The summed E-state index contributed by atoms with van der Waals surface area (Å²) in [6, 6.07) is 0. The largest absolute Gasteiger partial charge is 0.379 e. The van der Waals surface area contributed by atoms with Gasteiger partial charge in [0, 0.05) is 39.8 Å². The normalized spacial score (nSPS) is 22.4. The second kappa shape index (κ2) is 12.5. The van der Waals surface area contributed by atoms with Crippen molar-refractivity contribution in [1.82, 2.24) is 15.5 Å². The minimum absolute atomic E-state index is 0.466. The molecular weight excluding hydrogens is 316 g/mol. The second-order valence-electron chi connectivity index (χ2n) is 7.38. The van der Waals surface area contributed by atoms with Crippen LogP contribution in [-0.4, -0.2) is 76.6 Å². The van der Waals surface area contributed by atoms with Crippen LogP contribution in [0.1, 0.15) is 45.4 Å². The van der Waals surface area contributed by atoms with Crippen molar-refractivity contribution in [3.05, 3.63) is 0 Å². The first-order valence-corrected chi connectivity index (χ1v) is 10.1. The van der Waals surface area contributed by atoms with Crippen molar-refractivity contribution in [2.24, 2.45) is 10.9 Å². The van der Waals surface area contributed by atoms with Gasteiger partial charge in [-0.3, -0.25) is 9.89 Å². The van der Waals surface area contributed by atoms with Gasteiger partial charge in [0.2, 0.25) is 0 Å². The Morgan fingerprint density at radius 2 is 1.88 bits per heavy atom. The quantitative estimate of drug-likeness (QED) is 0.302. The van der Waals surface area contributed by atoms with E-state index in [0.29, 0.717) is 12.0 Å². The molecule has 1 saturated heterocycles. The molecule has 6 heteroatoms. The van der Waals surface area contributed by atoms with Crippen molar-refractivity contribution in [1.29, 1.82) is 0 Å². The number of guanidine groups is 1. The molecule has 2 N–H and O–H groups in total. The first kappa shape index (κ1) is 20.5. The van der Waals surface area contributed by atoms with Gasteiger partial charge in [0.25, 0.3) is 0 Å². The third kappa shape index (κ3) is 8.88. The average molecular weight is 355 g/mol. The van der Waals surface area contributed by atoms with Crippen LogP contribution in [0.15, 0.2) is 4.99 Å². The minimum Gasteiger partial charge on any atom is -0.379 e. The lowest BCUT2D eigenvalue weighted by atomic mass is 10.1. The lowest BCUT2D eigenvalue weighted by Crippen LogP contribution is -2.44. The van der Waals surface area contributed by atoms with E-state index in [4.69, 9.17) is 9.47 Å². The van der Waals surface area contributed by atoms with Crippen LogP contribution in [0.2, 0.25) is 0 Å². The van der Waals surface area contributed by atoms with Gasteiger partial charge >= 0.3 is 0 Å². The van der Waals surface area contributed by atoms with Crippen molar-refractivity contribution >= 4 is 5.96 Å². The Morgan fingerprint density at radius 3 is 2.56 bits per heavy atom. The van der Waals surface area contributed by atoms with E-state index in [9.17, 15) is 0 Å². The second-order valence-corrected chi connectivity index (χ2v) is 7.38. The van der Waals surface area contributed by atoms with Gasteiger partial charge in [0.1, 0.15) is 0 Å². The standard InChI is InChI=1S/C19H38N4O2/c1-17(16-23-10-13-24-14-11-23)15-22-19(20-2)21-9-12-25-18-7-5-3-4-6-8-18/h17-18H,3-16H2,1-2H3,(H2,20,21,22). The van der Waals surface area contributed by atoms with Gasteiger partial charge in [-0.05, 0) is 18.8 Å². The summed E-state index contributed by atoms with van der Waals surface area (Å²) in [6.45, 7) is 9.73. The maximum atomic E-state index is 6.02. The van der Waals surface area contributed by atoms with Gasteiger partial charge < -0.3 is 20.1 Å². The number of hydrogen-bond donors (Lipinski definition) is 2. The van der Waals surface area contributed by atoms with Crippen LogP contribution in [0.25, 0.3) is 0 Å². The van der Waals surface area contributed by atoms with Gasteiger partial charge in [-0.2, -0.15) is 0 Å². The molecule has 1 atom stereocenters. The Kier molecular flexibility index (Phi) is 10.2. The van der Waals surface area contributed by atoms with Crippen molar-refractivity contribution < 1.29 is 9.47 Å². The van der Waals surface area contributed by atoms with Crippen LogP contribution in [0.3, 0.4) is 0 Å². The Bertz CT molecular complexity index is 364. The van der Waals surface area contributed by atoms with Crippen LogP contribution in [-0.2, 0) is 9.47 Å². The molecule has 1 saturated carbocycles. The van der Waals surface area contributed by atoms with Gasteiger partial charge in [0.05, 0.1) is 25.9 Å². The zero-order valence-corrected chi connectivity index (χ0v) is 16.3. The summed E-state index contributed by atoms with van der Waals surface area (Å²) in [6.07, 6.45) is 8.31. The van der Waals surface area contributed by atoms with Crippen molar-refractivity contribution in [3.63, 3.8) is 0 Å². The van der Waals surface area contributed by atoms with Crippen LogP contribution < -0.4 is 10.6 Å². The minimum atomic E-state index is 0.466. The zero-order chi connectivity index (χ0) is 17.7.